The van der Waals surface area contributed by atoms with Crippen molar-refractivity contribution < 1.29 is 13.9 Å². The van der Waals surface area contributed by atoms with Crippen LogP contribution in [0.5, 0.6) is 0 Å². The minimum absolute atomic E-state index is 0.0184. The van der Waals surface area contributed by atoms with Gasteiger partial charge in [-0.25, -0.2) is 4.39 Å². The first-order valence-corrected chi connectivity index (χ1v) is 8.95. The van der Waals surface area contributed by atoms with Gasteiger partial charge in [0.2, 0.25) is 5.91 Å². The molecule has 1 aliphatic carbocycles. The molecule has 1 saturated carbocycles. The summed E-state index contributed by atoms with van der Waals surface area (Å²) in [5.41, 5.74) is 0.270. The Bertz CT molecular complexity index is 578. The van der Waals surface area contributed by atoms with Crippen LogP contribution in [-0.4, -0.2) is 49.2 Å². The van der Waals surface area contributed by atoms with Crippen LogP contribution in [0.4, 0.5) is 4.39 Å². The molecule has 1 aliphatic heterocycles. The van der Waals surface area contributed by atoms with Gasteiger partial charge in [0, 0.05) is 42.9 Å². The number of rotatable bonds is 5. The summed E-state index contributed by atoms with van der Waals surface area (Å²) in [5.74, 6) is -0.593. The van der Waals surface area contributed by atoms with Crippen LogP contribution in [0, 0.1) is 5.82 Å². The molecule has 1 heterocycles. The minimum atomic E-state index is -0.428. The maximum Gasteiger partial charge on any atom is 0.224 e. The zero-order valence-corrected chi connectivity index (χ0v) is 14.7. The standard InChI is InChI=1S/C18H24ClFN2O2/c1-24-12-8-9-22(11-12)17-7-3-6-16(17)21-18(23)10-13-14(19)4-2-5-15(13)20/h2,4-5,12,16-17H,3,6-11H2,1H3,(H,21,23)/t12?,16-,17+/m1/s1. The lowest BCUT2D eigenvalue weighted by atomic mass is 10.1. The summed E-state index contributed by atoms with van der Waals surface area (Å²) < 4.78 is 19.3. The molecule has 1 N–H and O–H groups in total. The van der Waals surface area contributed by atoms with Crippen molar-refractivity contribution in [3.8, 4) is 0 Å². The van der Waals surface area contributed by atoms with Crippen LogP contribution in [-0.2, 0) is 16.0 Å². The Kier molecular flexibility index (Phi) is 5.74. The maximum atomic E-state index is 13.8. The van der Waals surface area contributed by atoms with Crippen molar-refractivity contribution in [1.29, 1.82) is 0 Å². The van der Waals surface area contributed by atoms with Gasteiger partial charge >= 0.3 is 0 Å². The van der Waals surface area contributed by atoms with Crippen molar-refractivity contribution in [3.63, 3.8) is 0 Å². The van der Waals surface area contributed by atoms with Crippen molar-refractivity contribution in [3.05, 3.63) is 34.6 Å². The number of likely N-dealkylation sites (tertiary alicyclic amines) is 1. The van der Waals surface area contributed by atoms with Gasteiger partial charge in [-0.3, -0.25) is 9.69 Å². The van der Waals surface area contributed by atoms with Gasteiger partial charge in [-0.15, -0.1) is 0 Å². The molecule has 0 aromatic heterocycles. The van der Waals surface area contributed by atoms with Gasteiger partial charge in [-0.1, -0.05) is 17.7 Å². The fourth-order valence-corrected chi connectivity index (χ4v) is 4.14. The molecule has 4 nitrogen and oxygen atoms in total. The molecular formula is C18H24ClFN2O2. The van der Waals surface area contributed by atoms with E-state index in [0.29, 0.717) is 17.2 Å². The van der Waals surface area contributed by atoms with E-state index in [9.17, 15) is 9.18 Å². The Morgan fingerprint density at radius 2 is 2.25 bits per heavy atom. The lowest BCUT2D eigenvalue weighted by Gasteiger charge is -2.30. The largest absolute Gasteiger partial charge is 0.380 e. The lowest BCUT2D eigenvalue weighted by molar-refractivity contribution is -0.121. The molecule has 3 rings (SSSR count). The number of hydrogen-bond donors (Lipinski definition) is 1. The topological polar surface area (TPSA) is 41.6 Å². The third kappa shape index (κ3) is 3.90. The Balaban J connectivity index is 1.59. The van der Waals surface area contributed by atoms with Gasteiger partial charge in [0.15, 0.2) is 0 Å². The summed E-state index contributed by atoms with van der Waals surface area (Å²) in [6, 6.07) is 4.97. The van der Waals surface area contributed by atoms with Gasteiger partial charge in [-0.05, 0) is 37.8 Å². The number of amides is 1. The summed E-state index contributed by atoms with van der Waals surface area (Å²) in [4.78, 5) is 14.8. The first-order chi connectivity index (χ1) is 11.6. The zero-order valence-electron chi connectivity index (χ0n) is 13.9. The molecule has 0 bridgehead atoms. The van der Waals surface area contributed by atoms with Crippen molar-refractivity contribution >= 4 is 17.5 Å². The SMILES string of the molecule is COC1CCN([C@H]2CCC[C@H]2NC(=O)Cc2c(F)cccc2Cl)C1. The monoisotopic (exact) mass is 354 g/mol. The molecule has 0 radical (unpaired) electrons. The van der Waals surface area contributed by atoms with Crippen LogP contribution in [0.3, 0.4) is 0 Å². The van der Waals surface area contributed by atoms with E-state index in [4.69, 9.17) is 16.3 Å². The fraction of sp³-hybridized carbons (Fsp3) is 0.611. The molecule has 1 aromatic carbocycles. The van der Waals surface area contributed by atoms with E-state index in [1.54, 1.807) is 19.2 Å². The quantitative estimate of drug-likeness (QED) is 0.884. The number of nitrogens with one attached hydrogen (secondary N) is 1. The number of carbonyl (C=O) groups is 1. The molecule has 6 heteroatoms. The number of carbonyl (C=O) groups excluding carboxylic acids is 1. The smallest absolute Gasteiger partial charge is 0.224 e. The van der Waals surface area contributed by atoms with E-state index >= 15 is 0 Å². The number of methoxy groups -OCH3 is 1. The summed E-state index contributed by atoms with van der Waals surface area (Å²) >= 11 is 6.01. The van der Waals surface area contributed by atoms with Crippen LogP contribution >= 0.6 is 11.6 Å². The lowest BCUT2D eigenvalue weighted by Crippen LogP contribution is -2.48. The van der Waals surface area contributed by atoms with Gasteiger partial charge < -0.3 is 10.1 Å². The maximum absolute atomic E-state index is 13.8. The van der Waals surface area contributed by atoms with E-state index in [0.717, 1.165) is 38.8 Å². The molecular weight excluding hydrogens is 331 g/mol. The van der Waals surface area contributed by atoms with Crippen molar-refractivity contribution in [2.45, 2.75) is 50.3 Å². The minimum Gasteiger partial charge on any atom is -0.380 e. The summed E-state index contributed by atoms with van der Waals surface area (Å²) in [6.07, 6.45) is 4.47. The van der Waals surface area contributed by atoms with Gasteiger partial charge in [0.25, 0.3) is 0 Å². The van der Waals surface area contributed by atoms with Crippen LogP contribution in [0.15, 0.2) is 18.2 Å². The molecule has 1 unspecified atom stereocenters. The molecule has 132 valence electrons. The van der Waals surface area contributed by atoms with Crippen LogP contribution in [0.25, 0.3) is 0 Å². The van der Waals surface area contributed by atoms with E-state index in [-0.39, 0.29) is 23.9 Å². The van der Waals surface area contributed by atoms with E-state index in [2.05, 4.69) is 10.2 Å². The second-order valence-corrected chi connectivity index (χ2v) is 7.10. The molecule has 3 atom stereocenters. The van der Waals surface area contributed by atoms with Crippen molar-refractivity contribution in [2.24, 2.45) is 0 Å². The Morgan fingerprint density at radius 1 is 1.42 bits per heavy atom. The third-order valence-electron chi connectivity index (χ3n) is 5.20. The first-order valence-electron chi connectivity index (χ1n) is 8.57. The van der Waals surface area contributed by atoms with E-state index in [1.807, 2.05) is 0 Å². The predicted octanol–water partition coefficient (Wildman–Crippen LogP) is 2.78. The fourth-order valence-electron chi connectivity index (χ4n) is 3.91. The molecule has 0 spiro atoms. The van der Waals surface area contributed by atoms with Crippen LogP contribution < -0.4 is 5.32 Å². The average Bonchev–Trinajstić information content (AvgIpc) is 3.19. The predicted molar refractivity (Wildman–Crippen MR) is 91.7 cm³/mol. The Labute approximate surface area is 147 Å². The van der Waals surface area contributed by atoms with Crippen LogP contribution in [0.2, 0.25) is 5.02 Å². The number of halogens is 2. The molecule has 24 heavy (non-hydrogen) atoms. The van der Waals surface area contributed by atoms with E-state index < -0.39 is 5.82 Å². The number of nitrogens with zero attached hydrogens (tertiary/aromatic N) is 1. The number of hydrogen-bond acceptors (Lipinski definition) is 3. The Hall–Kier alpha value is -1.17. The molecule has 2 fully saturated rings. The number of ether oxygens (including phenoxy) is 1. The average molecular weight is 355 g/mol. The van der Waals surface area contributed by atoms with Crippen molar-refractivity contribution in [2.75, 3.05) is 20.2 Å². The summed E-state index contributed by atoms with van der Waals surface area (Å²) in [6.45, 7) is 1.93. The third-order valence-corrected chi connectivity index (χ3v) is 5.56. The zero-order chi connectivity index (χ0) is 17.1. The molecule has 1 saturated heterocycles. The van der Waals surface area contributed by atoms with Gasteiger partial charge in [0.05, 0.1) is 12.5 Å². The highest BCUT2D eigenvalue weighted by Crippen LogP contribution is 2.28. The molecule has 2 aliphatic rings. The normalized spacial score (nSPS) is 27.5. The first kappa shape index (κ1) is 17.6. The highest BCUT2D eigenvalue weighted by Gasteiger charge is 2.36. The van der Waals surface area contributed by atoms with Gasteiger partial charge in [0.1, 0.15) is 5.82 Å². The molecule has 1 amide bonds. The highest BCUT2D eigenvalue weighted by atomic mass is 35.5. The second kappa shape index (κ2) is 7.81. The van der Waals surface area contributed by atoms with E-state index in [1.165, 1.54) is 6.07 Å². The van der Waals surface area contributed by atoms with Crippen LogP contribution in [0.1, 0.15) is 31.2 Å². The number of benzene rings is 1. The van der Waals surface area contributed by atoms with Gasteiger partial charge in [-0.2, -0.15) is 0 Å². The summed E-state index contributed by atoms with van der Waals surface area (Å²) in [5, 5.41) is 3.40. The highest BCUT2D eigenvalue weighted by molar-refractivity contribution is 6.31. The Morgan fingerprint density at radius 3 is 2.96 bits per heavy atom. The molecule has 1 aromatic rings. The van der Waals surface area contributed by atoms with Crippen molar-refractivity contribution in [1.82, 2.24) is 10.2 Å². The summed E-state index contributed by atoms with van der Waals surface area (Å²) in [7, 11) is 1.75. The second-order valence-electron chi connectivity index (χ2n) is 6.69.